The van der Waals surface area contributed by atoms with Gasteiger partial charge in [-0.2, -0.15) is 5.26 Å². The molecule has 0 aliphatic heterocycles. The van der Waals surface area contributed by atoms with Gasteiger partial charge in [-0.3, -0.25) is 0 Å². The van der Waals surface area contributed by atoms with E-state index in [4.69, 9.17) is 27.9 Å². The summed E-state index contributed by atoms with van der Waals surface area (Å²) in [5.41, 5.74) is 3.17. The molecular formula is C20H13Cl2NO. The van der Waals surface area contributed by atoms with Crippen LogP contribution in [-0.4, -0.2) is 0 Å². The molecule has 0 N–H and O–H groups in total. The Morgan fingerprint density at radius 1 is 0.917 bits per heavy atom. The average molecular weight is 354 g/mol. The molecule has 0 aliphatic rings. The number of hydrogen-bond donors (Lipinski definition) is 0. The van der Waals surface area contributed by atoms with Crippen molar-refractivity contribution < 1.29 is 4.74 Å². The molecule has 0 saturated heterocycles. The van der Waals surface area contributed by atoms with Crippen molar-refractivity contribution in [2.24, 2.45) is 0 Å². The number of nitriles is 1. The highest BCUT2D eigenvalue weighted by atomic mass is 35.5. The quantitative estimate of drug-likeness (QED) is 0.566. The molecule has 4 heteroatoms. The highest BCUT2D eigenvalue weighted by Gasteiger charge is 2.11. The first-order valence-electron chi connectivity index (χ1n) is 7.34. The fourth-order valence-electron chi connectivity index (χ4n) is 2.36. The largest absolute Gasteiger partial charge is 0.488 e. The predicted molar refractivity (Wildman–Crippen MR) is 97.4 cm³/mol. The molecule has 0 aromatic heterocycles. The van der Waals surface area contributed by atoms with Crippen LogP contribution in [0.5, 0.6) is 5.75 Å². The zero-order valence-corrected chi connectivity index (χ0v) is 14.2. The minimum Gasteiger partial charge on any atom is -0.488 e. The normalized spacial score (nSPS) is 10.2. The van der Waals surface area contributed by atoms with Crippen molar-refractivity contribution >= 4 is 23.2 Å². The third-order valence-corrected chi connectivity index (χ3v) is 4.42. The van der Waals surface area contributed by atoms with Gasteiger partial charge in [-0.05, 0) is 29.3 Å². The molecule has 24 heavy (non-hydrogen) atoms. The van der Waals surface area contributed by atoms with Crippen LogP contribution in [0, 0.1) is 11.3 Å². The molecule has 0 atom stereocenters. The molecule has 0 aliphatic carbocycles. The Balaban J connectivity index is 1.94. The molecule has 0 unspecified atom stereocenters. The Labute approximate surface area is 150 Å². The molecule has 0 fully saturated rings. The molecule has 0 radical (unpaired) electrons. The molecule has 3 aromatic carbocycles. The molecular weight excluding hydrogens is 341 g/mol. The summed E-state index contributed by atoms with van der Waals surface area (Å²) in [6.07, 6.45) is 0. The van der Waals surface area contributed by atoms with Gasteiger partial charge in [-0.1, -0.05) is 71.7 Å². The van der Waals surface area contributed by atoms with Crippen molar-refractivity contribution in [1.82, 2.24) is 0 Å². The summed E-state index contributed by atoms with van der Waals surface area (Å²) in [6, 6.07) is 22.8. The van der Waals surface area contributed by atoms with Crippen molar-refractivity contribution in [2.75, 3.05) is 0 Å². The summed E-state index contributed by atoms with van der Waals surface area (Å²) in [5, 5.41) is 10.3. The monoisotopic (exact) mass is 353 g/mol. The van der Waals surface area contributed by atoms with Crippen LogP contribution >= 0.6 is 23.2 Å². The van der Waals surface area contributed by atoms with Crippen molar-refractivity contribution in [1.29, 1.82) is 5.26 Å². The van der Waals surface area contributed by atoms with E-state index >= 15 is 0 Å². The number of nitrogens with zero attached hydrogens (tertiary/aromatic N) is 1. The lowest BCUT2D eigenvalue weighted by molar-refractivity contribution is 0.305. The molecule has 0 spiro atoms. The van der Waals surface area contributed by atoms with Crippen molar-refractivity contribution in [2.45, 2.75) is 6.61 Å². The van der Waals surface area contributed by atoms with Gasteiger partial charge in [0.2, 0.25) is 0 Å². The van der Waals surface area contributed by atoms with E-state index in [0.29, 0.717) is 28.0 Å². The van der Waals surface area contributed by atoms with E-state index < -0.39 is 0 Å². The maximum Gasteiger partial charge on any atom is 0.138 e. The SMILES string of the molecule is N#Cc1ccc(-c2cccc(Cl)c2Cl)cc1OCc1ccccc1. The Kier molecular flexibility index (Phi) is 5.05. The fourth-order valence-corrected chi connectivity index (χ4v) is 2.77. The molecule has 0 bridgehead atoms. The lowest BCUT2D eigenvalue weighted by Gasteiger charge is -2.11. The summed E-state index contributed by atoms with van der Waals surface area (Å²) < 4.78 is 5.85. The first-order chi connectivity index (χ1) is 11.7. The summed E-state index contributed by atoms with van der Waals surface area (Å²) in [4.78, 5) is 0. The third kappa shape index (κ3) is 3.54. The molecule has 3 rings (SSSR count). The number of rotatable bonds is 4. The molecule has 0 amide bonds. The van der Waals surface area contributed by atoms with Crippen LogP contribution in [0.1, 0.15) is 11.1 Å². The standard InChI is InChI=1S/C20H13Cl2NO/c21-18-8-4-7-17(20(18)22)15-9-10-16(12-23)19(11-15)24-13-14-5-2-1-3-6-14/h1-11H,13H2. The second-order valence-electron chi connectivity index (χ2n) is 5.20. The summed E-state index contributed by atoms with van der Waals surface area (Å²) in [7, 11) is 0. The fraction of sp³-hybridized carbons (Fsp3) is 0.0500. The Hall–Kier alpha value is -2.47. The third-order valence-electron chi connectivity index (χ3n) is 3.60. The maximum atomic E-state index is 9.30. The van der Waals surface area contributed by atoms with Gasteiger partial charge < -0.3 is 4.74 Å². The van der Waals surface area contributed by atoms with Crippen molar-refractivity contribution in [3.8, 4) is 22.9 Å². The van der Waals surface area contributed by atoms with E-state index in [1.54, 1.807) is 12.1 Å². The maximum absolute atomic E-state index is 9.30. The van der Waals surface area contributed by atoms with Gasteiger partial charge >= 0.3 is 0 Å². The number of halogens is 2. The van der Waals surface area contributed by atoms with Crippen LogP contribution in [0.3, 0.4) is 0 Å². The van der Waals surface area contributed by atoms with Crippen LogP contribution in [0.2, 0.25) is 10.0 Å². The lowest BCUT2D eigenvalue weighted by atomic mass is 10.0. The second kappa shape index (κ2) is 7.40. The number of benzene rings is 3. The van der Waals surface area contributed by atoms with Crippen LogP contribution in [-0.2, 0) is 6.61 Å². The zero-order valence-electron chi connectivity index (χ0n) is 12.7. The average Bonchev–Trinajstić information content (AvgIpc) is 2.63. The van der Waals surface area contributed by atoms with Crippen LogP contribution < -0.4 is 4.74 Å². The lowest BCUT2D eigenvalue weighted by Crippen LogP contribution is -1.97. The summed E-state index contributed by atoms with van der Waals surface area (Å²) in [5.74, 6) is 0.523. The van der Waals surface area contributed by atoms with E-state index in [1.807, 2.05) is 54.6 Å². The van der Waals surface area contributed by atoms with E-state index in [-0.39, 0.29) is 0 Å². The van der Waals surface area contributed by atoms with Gasteiger partial charge in [0.15, 0.2) is 0 Å². The Morgan fingerprint density at radius 2 is 1.71 bits per heavy atom. The van der Waals surface area contributed by atoms with Gasteiger partial charge in [-0.25, -0.2) is 0 Å². The minimum absolute atomic E-state index is 0.391. The Morgan fingerprint density at radius 3 is 2.46 bits per heavy atom. The summed E-state index contributed by atoms with van der Waals surface area (Å²) in [6.45, 7) is 0.391. The van der Waals surface area contributed by atoms with Gasteiger partial charge in [0.05, 0.1) is 15.6 Å². The molecule has 0 saturated carbocycles. The van der Waals surface area contributed by atoms with Gasteiger partial charge in [-0.15, -0.1) is 0 Å². The van der Waals surface area contributed by atoms with E-state index in [1.165, 1.54) is 0 Å². The number of hydrogen-bond acceptors (Lipinski definition) is 2. The second-order valence-corrected chi connectivity index (χ2v) is 5.98. The summed E-state index contributed by atoms with van der Waals surface area (Å²) >= 11 is 12.4. The molecule has 2 nitrogen and oxygen atoms in total. The van der Waals surface area contributed by atoms with Gasteiger partial charge in [0, 0.05) is 5.56 Å². The number of ether oxygens (including phenoxy) is 1. The first kappa shape index (κ1) is 16.4. The van der Waals surface area contributed by atoms with Crippen LogP contribution in [0.4, 0.5) is 0 Å². The van der Waals surface area contributed by atoms with Crippen LogP contribution in [0.15, 0.2) is 66.7 Å². The Bertz CT molecular complexity index is 901. The highest BCUT2D eigenvalue weighted by molar-refractivity contribution is 6.43. The van der Waals surface area contributed by atoms with Crippen molar-refractivity contribution in [3.63, 3.8) is 0 Å². The van der Waals surface area contributed by atoms with E-state index in [0.717, 1.165) is 16.7 Å². The smallest absolute Gasteiger partial charge is 0.138 e. The van der Waals surface area contributed by atoms with Gasteiger partial charge in [0.1, 0.15) is 18.4 Å². The van der Waals surface area contributed by atoms with Crippen molar-refractivity contribution in [3.05, 3.63) is 87.9 Å². The van der Waals surface area contributed by atoms with E-state index in [9.17, 15) is 5.26 Å². The minimum atomic E-state index is 0.391. The predicted octanol–water partition coefficient (Wildman–Crippen LogP) is 6.11. The molecule has 3 aromatic rings. The molecule has 118 valence electrons. The van der Waals surface area contributed by atoms with Crippen LogP contribution in [0.25, 0.3) is 11.1 Å². The van der Waals surface area contributed by atoms with E-state index in [2.05, 4.69) is 6.07 Å². The molecule has 0 heterocycles. The first-order valence-corrected chi connectivity index (χ1v) is 8.10. The zero-order chi connectivity index (χ0) is 16.9. The highest BCUT2D eigenvalue weighted by Crippen LogP contribution is 2.35. The topological polar surface area (TPSA) is 33.0 Å². The van der Waals surface area contributed by atoms with Gasteiger partial charge in [0.25, 0.3) is 0 Å².